The average Bonchev–Trinajstić information content (AvgIpc) is 3.60. The molecule has 0 atom stereocenters. The monoisotopic (exact) mass is 532 g/mol. The first-order valence-electron chi connectivity index (χ1n) is 11.0. The fourth-order valence-electron chi connectivity index (χ4n) is 3.94. The summed E-state index contributed by atoms with van der Waals surface area (Å²) in [5.74, 6) is -1.74. The van der Waals surface area contributed by atoms with Gasteiger partial charge in [-0.3, -0.25) is 10.1 Å². The number of amides is 2. The van der Waals surface area contributed by atoms with E-state index in [2.05, 4.69) is 25.6 Å². The molecule has 1 aliphatic rings. The number of urea groups is 1. The summed E-state index contributed by atoms with van der Waals surface area (Å²) < 4.78 is 25.0. The van der Waals surface area contributed by atoms with Crippen molar-refractivity contribution in [2.24, 2.45) is 5.92 Å². The number of anilines is 3. The quantitative estimate of drug-likeness (QED) is 0.317. The van der Waals surface area contributed by atoms with Crippen LogP contribution in [0.4, 0.5) is 21.3 Å². The summed E-state index contributed by atoms with van der Waals surface area (Å²) in [5.41, 5.74) is 0.711. The van der Waals surface area contributed by atoms with Crippen LogP contribution in [0.1, 0.15) is 46.5 Å². The Morgan fingerprint density at radius 2 is 1.89 bits per heavy atom. The number of thiazole rings is 1. The molecule has 36 heavy (non-hydrogen) atoms. The SMILES string of the molecule is CN(C)c1ccc(NC(=O)Nc2nc(C(=O)O)c(S(=O)(=O)c3ncc[nH]3)s2)c(C(=O)C2CCCC2)c1. The Morgan fingerprint density at radius 1 is 1.17 bits per heavy atom. The van der Waals surface area contributed by atoms with Crippen LogP contribution in [0, 0.1) is 5.92 Å². The Bertz CT molecular complexity index is 1410. The predicted molar refractivity (Wildman–Crippen MR) is 133 cm³/mol. The van der Waals surface area contributed by atoms with E-state index in [4.69, 9.17) is 0 Å². The number of nitrogens with one attached hydrogen (secondary N) is 3. The number of sulfone groups is 1. The van der Waals surface area contributed by atoms with Crippen LogP contribution >= 0.6 is 11.3 Å². The molecule has 0 unspecified atom stereocenters. The standard InChI is InChI=1S/C22H24N6O6S2/c1-28(2)13-7-8-15(14(11-13)17(29)12-5-3-4-6-12)25-20(32)27-21-26-16(18(30)31)19(35-21)36(33,34)22-23-9-10-24-22/h7-12H,3-6H2,1-2H3,(H,23,24)(H,30,31)(H2,25,26,27,32). The molecular formula is C22H24N6O6S2. The zero-order valence-electron chi connectivity index (χ0n) is 19.4. The van der Waals surface area contributed by atoms with Gasteiger partial charge in [-0.05, 0) is 31.0 Å². The number of hydrogen-bond donors (Lipinski definition) is 4. The molecule has 3 aromatic rings. The number of H-pyrrole nitrogens is 1. The molecule has 2 amide bonds. The molecule has 1 aliphatic carbocycles. The third-order valence-electron chi connectivity index (χ3n) is 5.75. The number of nitrogens with zero attached hydrogens (tertiary/aromatic N) is 3. The molecular weight excluding hydrogens is 508 g/mol. The van der Waals surface area contributed by atoms with E-state index >= 15 is 0 Å². The lowest BCUT2D eigenvalue weighted by atomic mass is 9.94. The number of aromatic amines is 1. The highest BCUT2D eigenvalue weighted by Gasteiger charge is 2.32. The number of hydrogen-bond acceptors (Lipinski definition) is 9. The highest BCUT2D eigenvalue weighted by atomic mass is 32.2. The van der Waals surface area contributed by atoms with Crippen LogP contribution in [-0.2, 0) is 9.84 Å². The van der Waals surface area contributed by atoms with E-state index in [1.807, 2.05) is 19.0 Å². The van der Waals surface area contributed by atoms with Gasteiger partial charge in [-0.25, -0.2) is 28.0 Å². The van der Waals surface area contributed by atoms with Crippen molar-refractivity contribution in [3.05, 3.63) is 41.9 Å². The van der Waals surface area contributed by atoms with Gasteiger partial charge in [-0.2, -0.15) is 0 Å². The van der Waals surface area contributed by atoms with Crippen LogP contribution in [0.15, 0.2) is 40.0 Å². The summed E-state index contributed by atoms with van der Waals surface area (Å²) in [4.78, 5) is 49.3. The first kappa shape index (κ1) is 25.3. The molecule has 0 aliphatic heterocycles. The lowest BCUT2D eigenvalue weighted by Crippen LogP contribution is -2.22. The number of rotatable bonds is 8. The number of ketones is 1. The van der Waals surface area contributed by atoms with Crippen molar-refractivity contribution in [1.29, 1.82) is 0 Å². The minimum atomic E-state index is -4.30. The predicted octanol–water partition coefficient (Wildman–Crippen LogP) is 3.48. The zero-order chi connectivity index (χ0) is 26.0. The van der Waals surface area contributed by atoms with Gasteiger partial charge in [0.15, 0.2) is 20.8 Å². The van der Waals surface area contributed by atoms with Gasteiger partial charge >= 0.3 is 12.0 Å². The minimum absolute atomic E-state index is 0.0549. The van der Waals surface area contributed by atoms with Gasteiger partial charge in [0.05, 0.1) is 5.69 Å². The summed E-state index contributed by atoms with van der Waals surface area (Å²) in [6.45, 7) is 0. The van der Waals surface area contributed by atoms with E-state index in [-0.39, 0.29) is 22.5 Å². The molecule has 1 fully saturated rings. The first-order valence-corrected chi connectivity index (χ1v) is 13.3. The molecule has 190 valence electrons. The lowest BCUT2D eigenvalue weighted by Gasteiger charge is -2.18. The number of aromatic nitrogens is 3. The molecule has 1 saturated carbocycles. The number of carboxylic acid groups (broad SMARTS) is 1. The van der Waals surface area contributed by atoms with Crippen LogP contribution in [0.5, 0.6) is 0 Å². The molecule has 4 N–H and O–H groups in total. The van der Waals surface area contributed by atoms with Crippen LogP contribution < -0.4 is 15.5 Å². The number of carboxylic acids is 1. The molecule has 0 spiro atoms. The van der Waals surface area contributed by atoms with Crippen molar-refractivity contribution in [3.63, 3.8) is 0 Å². The van der Waals surface area contributed by atoms with E-state index in [1.54, 1.807) is 18.2 Å². The molecule has 0 saturated heterocycles. The molecule has 0 bridgehead atoms. The third kappa shape index (κ3) is 5.09. The average molecular weight is 533 g/mol. The number of carbonyl (C=O) groups is 3. The van der Waals surface area contributed by atoms with Crippen molar-refractivity contribution in [1.82, 2.24) is 15.0 Å². The number of imidazole rings is 1. The van der Waals surface area contributed by atoms with Crippen molar-refractivity contribution >= 4 is 55.5 Å². The Morgan fingerprint density at radius 3 is 2.50 bits per heavy atom. The van der Waals surface area contributed by atoms with E-state index in [0.29, 0.717) is 16.9 Å². The number of carbonyl (C=O) groups excluding carboxylic acids is 2. The number of benzene rings is 1. The van der Waals surface area contributed by atoms with E-state index in [1.165, 1.54) is 12.4 Å². The van der Waals surface area contributed by atoms with Gasteiger partial charge in [-0.1, -0.05) is 24.2 Å². The maximum atomic E-state index is 13.2. The highest BCUT2D eigenvalue weighted by Crippen LogP contribution is 2.33. The smallest absolute Gasteiger partial charge is 0.356 e. The highest BCUT2D eigenvalue weighted by molar-refractivity contribution is 7.93. The minimum Gasteiger partial charge on any atom is -0.476 e. The van der Waals surface area contributed by atoms with Gasteiger partial charge in [0.25, 0.3) is 9.84 Å². The van der Waals surface area contributed by atoms with Crippen molar-refractivity contribution in [2.75, 3.05) is 29.6 Å². The molecule has 2 aromatic heterocycles. The molecule has 2 heterocycles. The van der Waals surface area contributed by atoms with Crippen LogP contribution in [0.25, 0.3) is 0 Å². The second-order valence-electron chi connectivity index (χ2n) is 8.41. The van der Waals surface area contributed by atoms with E-state index < -0.39 is 36.9 Å². The Kier molecular flexibility index (Phi) is 7.08. The van der Waals surface area contributed by atoms with E-state index in [9.17, 15) is 27.9 Å². The van der Waals surface area contributed by atoms with Crippen LogP contribution in [-0.4, -0.2) is 60.4 Å². The van der Waals surface area contributed by atoms with Gasteiger partial charge < -0.3 is 20.3 Å². The zero-order valence-corrected chi connectivity index (χ0v) is 21.1. The Balaban J connectivity index is 1.60. The molecule has 12 nitrogen and oxygen atoms in total. The fraction of sp³-hybridized carbons (Fsp3) is 0.318. The van der Waals surface area contributed by atoms with Crippen molar-refractivity contribution < 1.29 is 27.9 Å². The second-order valence-corrected chi connectivity index (χ2v) is 11.5. The van der Waals surface area contributed by atoms with Crippen molar-refractivity contribution in [2.45, 2.75) is 35.0 Å². The summed E-state index contributed by atoms with van der Waals surface area (Å²) >= 11 is 0.484. The Hall–Kier alpha value is -3.78. The topological polar surface area (TPSA) is 174 Å². The maximum Gasteiger partial charge on any atom is 0.356 e. The van der Waals surface area contributed by atoms with E-state index in [0.717, 1.165) is 31.4 Å². The molecule has 1 aromatic carbocycles. The van der Waals surface area contributed by atoms with Gasteiger partial charge in [0.1, 0.15) is 0 Å². The molecule has 4 rings (SSSR count). The van der Waals surface area contributed by atoms with Gasteiger partial charge in [0.2, 0.25) is 5.16 Å². The van der Waals surface area contributed by atoms with Gasteiger partial charge in [0, 0.05) is 43.7 Å². The first-order chi connectivity index (χ1) is 17.1. The largest absolute Gasteiger partial charge is 0.476 e. The van der Waals surface area contributed by atoms with Crippen molar-refractivity contribution in [3.8, 4) is 0 Å². The third-order valence-corrected chi connectivity index (χ3v) is 8.84. The lowest BCUT2D eigenvalue weighted by molar-refractivity contribution is 0.0687. The fourth-order valence-corrected chi connectivity index (χ4v) is 6.53. The normalized spacial score (nSPS) is 13.9. The van der Waals surface area contributed by atoms with Gasteiger partial charge in [-0.15, -0.1) is 0 Å². The summed E-state index contributed by atoms with van der Waals surface area (Å²) in [6, 6.07) is 4.28. The number of Topliss-reactive ketones (excluding diaryl/α,β-unsaturated/α-hetero) is 1. The Labute approximate surface area is 210 Å². The summed E-state index contributed by atoms with van der Waals surface area (Å²) in [5, 5.41) is 13.8. The van der Waals surface area contributed by atoms with Crippen LogP contribution in [0.2, 0.25) is 0 Å². The molecule has 14 heteroatoms. The van der Waals surface area contributed by atoms with Crippen LogP contribution in [0.3, 0.4) is 0 Å². The maximum absolute atomic E-state index is 13.2. The second kappa shape index (κ2) is 10.1. The summed E-state index contributed by atoms with van der Waals surface area (Å²) in [7, 11) is -0.612. The number of aromatic carboxylic acids is 1. The molecule has 0 radical (unpaired) electrons. The summed E-state index contributed by atoms with van der Waals surface area (Å²) in [6.07, 6.45) is 6.04.